The lowest BCUT2D eigenvalue weighted by molar-refractivity contribution is -0.148. The molecule has 0 radical (unpaired) electrons. The molecule has 0 aromatic heterocycles. The fourth-order valence-corrected chi connectivity index (χ4v) is 2.32. The number of esters is 2. The highest BCUT2D eigenvalue weighted by atomic mass is 16.6. The molecule has 2 atom stereocenters. The molecule has 0 saturated heterocycles. The molecule has 2 rings (SSSR count). The van der Waals surface area contributed by atoms with E-state index in [1.54, 1.807) is 12.2 Å². The maximum Gasteiger partial charge on any atom is 0.310 e. The van der Waals surface area contributed by atoms with Crippen molar-refractivity contribution >= 4 is 11.9 Å². The number of hydrogen-bond donors (Lipinski definition) is 0. The quantitative estimate of drug-likeness (QED) is 0.567. The lowest BCUT2D eigenvalue weighted by Crippen LogP contribution is -2.19. The third kappa shape index (κ3) is 3.72. The summed E-state index contributed by atoms with van der Waals surface area (Å²) in [5, 5.41) is 0. The average molecular weight is 250 g/mol. The average Bonchev–Trinajstić information content (AvgIpc) is 2.89. The van der Waals surface area contributed by atoms with Gasteiger partial charge in [0.05, 0.1) is 6.42 Å². The summed E-state index contributed by atoms with van der Waals surface area (Å²) >= 11 is 0. The predicted octanol–water partition coefficient (Wildman–Crippen LogP) is 2.29. The van der Waals surface area contributed by atoms with Crippen LogP contribution in [-0.4, -0.2) is 24.1 Å². The highest BCUT2D eigenvalue weighted by Gasteiger charge is 2.24. The molecule has 0 fully saturated rings. The molecule has 0 aromatic rings. The molecule has 18 heavy (non-hydrogen) atoms. The van der Waals surface area contributed by atoms with Crippen LogP contribution in [0.25, 0.3) is 0 Å². The van der Waals surface area contributed by atoms with Gasteiger partial charge in [0.15, 0.2) is 0 Å². The van der Waals surface area contributed by atoms with E-state index >= 15 is 0 Å². The SMILES string of the molecule is CC(=O)OC1C=CC(OC(=O)CC2=CCCC2)C1. The zero-order valence-electron chi connectivity index (χ0n) is 10.6. The van der Waals surface area contributed by atoms with Gasteiger partial charge in [0, 0.05) is 13.3 Å². The number of carbonyl (C=O) groups excluding carboxylic acids is 2. The Morgan fingerprint density at radius 1 is 1.28 bits per heavy atom. The van der Waals surface area contributed by atoms with Crippen molar-refractivity contribution in [2.24, 2.45) is 0 Å². The van der Waals surface area contributed by atoms with Crippen LogP contribution in [0.4, 0.5) is 0 Å². The Morgan fingerprint density at radius 2 is 2.00 bits per heavy atom. The van der Waals surface area contributed by atoms with Crippen LogP contribution in [0.5, 0.6) is 0 Å². The Labute approximate surface area is 107 Å². The smallest absolute Gasteiger partial charge is 0.310 e. The Balaban J connectivity index is 1.72. The Morgan fingerprint density at radius 3 is 2.61 bits per heavy atom. The van der Waals surface area contributed by atoms with Gasteiger partial charge in [-0.25, -0.2) is 0 Å². The van der Waals surface area contributed by atoms with E-state index in [9.17, 15) is 9.59 Å². The Hall–Kier alpha value is -1.58. The summed E-state index contributed by atoms with van der Waals surface area (Å²) in [5.41, 5.74) is 1.18. The molecule has 0 amide bonds. The van der Waals surface area contributed by atoms with Crippen molar-refractivity contribution in [2.45, 2.75) is 51.2 Å². The molecule has 0 spiro atoms. The molecule has 2 unspecified atom stereocenters. The van der Waals surface area contributed by atoms with Crippen LogP contribution in [0.15, 0.2) is 23.8 Å². The van der Waals surface area contributed by atoms with E-state index in [2.05, 4.69) is 6.08 Å². The van der Waals surface area contributed by atoms with Crippen molar-refractivity contribution in [3.05, 3.63) is 23.8 Å². The minimum Gasteiger partial charge on any atom is -0.458 e. The number of hydrogen-bond acceptors (Lipinski definition) is 4. The van der Waals surface area contributed by atoms with Crippen LogP contribution in [0, 0.1) is 0 Å². The summed E-state index contributed by atoms with van der Waals surface area (Å²) in [4.78, 5) is 22.5. The van der Waals surface area contributed by atoms with E-state index in [1.807, 2.05) is 0 Å². The molecule has 2 aliphatic rings. The zero-order chi connectivity index (χ0) is 13.0. The lowest BCUT2D eigenvalue weighted by Gasteiger charge is -2.13. The first-order valence-electron chi connectivity index (χ1n) is 6.36. The standard InChI is InChI=1S/C14H18O4/c1-10(15)17-12-6-7-13(9-12)18-14(16)8-11-4-2-3-5-11/h4,6-7,12-13H,2-3,5,8-9H2,1H3. The summed E-state index contributed by atoms with van der Waals surface area (Å²) in [6.45, 7) is 1.37. The second kappa shape index (κ2) is 5.85. The van der Waals surface area contributed by atoms with E-state index in [1.165, 1.54) is 12.5 Å². The Bertz CT molecular complexity index is 395. The monoisotopic (exact) mass is 250 g/mol. The molecule has 2 aliphatic carbocycles. The van der Waals surface area contributed by atoms with Crippen molar-refractivity contribution in [3.8, 4) is 0 Å². The van der Waals surface area contributed by atoms with Crippen LogP contribution < -0.4 is 0 Å². The third-order valence-electron chi connectivity index (χ3n) is 3.11. The topological polar surface area (TPSA) is 52.6 Å². The highest BCUT2D eigenvalue weighted by Crippen LogP contribution is 2.23. The van der Waals surface area contributed by atoms with Gasteiger partial charge in [-0.15, -0.1) is 0 Å². The van der Waals surface area contributed by atoms with Crippen molar-refractivity contribution in [2.75, 3.05) is 0 Å². The van der Waals surface area contributed by atoms with E-state index < -0.39 is 0 Å². The fraction of sp³-hybridized carbons (Fsp3) is 0.571. The third-order valence-corrected chi connectivity index (χ3v) is 3.11. The molecule has 4 heteroatoms. The predicted molar refractivity (Wildman–Crippen MR) is 65.7 cm³/mol. The molecular formula is C14H18O4. The number of allylic oxidation sites excluding steroid dienone is 1. The molecule has 0 N–H and O–H groups in total. The zero-order valence-corrected chi connectivity index (χ0v) is 10.6. The number of carbonyl (C=O) groups is 2. The maximum atomic E-state index is 11.7. The van der Waals surface area contributed by atoms with E-state index in [0.29, 0.717) is 12.8 Å². The van der Waals surface area contributed by atoms with Crippen LogP contribution in [-0.2, 0) is 19.1 Å². The normalized spacial score (nSPS) is 25.9. The summed E-state index contributed by atoms with van der Waals surface area (Å²) in [7, 11) is 0. The van der Waals surface area contributed by atoms with Crippen LogP contribution in [0.1, 0.15) is 39.0 Å². The lowest BCUT2D eigenvalue weighted by atomic mass is 10.2. The van der Waals surface area contributed by atoms with E-state index in [0.717, 1.165) is 19.3 Å². The second-order valence-electron chi connectivity index (χ2n) is 4.73. The van der Waals surface area contributed by atoms with Gasteiger partial charge in [0.25, 0.3) is 0 Å². The molecular weight excluding hydrogens is 232 g/mol. The number of ether oxygens (including phenoxy) is 2. The van der Waals surface area contributed by atoms with Gasteiger partial charge < -0.3 is 9.47 Å². The second-order valence-corrected chi connectivity index (χ2v) is 4.73. The summed E-state index contributed by atoms with van der Waals surface area (Å²) in [6, 6.07) is 0. The fourth-order valence-electron chi connectivity index (χ4n) is 2.32. The minimum absolute atomic E-state index is 0.193. The van der Waals surface area contributed by atoms with Gasteiger partial charge in [0.2, 0.25) is 0 Å². The van der Waals surface area contributed by atoms with E-state index in [4.69, 9.17) is 9.47 Å². The van der Waals surface area contributed by atoms with Gasteiger partial charge in [-0.1, -0.05) is 11.6 Å². The van der Waals surface area contributed by atoms with Crippen molar-refractivity contribution < 1.29 is 19.1 Å². The first-order valence-corrected chi connectivity index (χ1v) is 6.36. The van der Waals surface area contributed by atoms with Crippen molar-refractivity contribution in [1.29, 1.82) is 0 Å². The summed E-state index contributed by atoms with van der Waals surface area (Å²) in [6.07, 6.45) is 9.30. The first-order chi connectivity index (χ1) is 8.63. The molecule has 0 bridgehead atoms. The van der Waals surface area contributed by atoms with Gasteiger partial charge >= 0.3 is 11.9 Å². The first kappa shape index (κ1) is 12.9. The molecule has 0 heterocycles. The Kier molecular flexibility index (Phi) is 4.18. The molecule has 98 valence electrons. The molecule has 0 aromatic carbocycles. The van der Waals surface area contributed by atoms with Gasteiger partial charge in [0.1, 0.15) is 12.2 Å². The molecule has 0 saturated carbocycles. The van der Waals surface area contributed by atoms with Crippen molar-refractivity contribution in [3.63, 3.8) is 0 Å². The molecule has 4 nitrogen and oxygen atoms in total. The van der Waals surface area contributed by atoms with E-state index in [-0.39, 0.29) is 24.1 Å². The highest BCUT2D eigenvalue weighted by molar-refractivity contribution is 5.73. The molecule has 0 aliphatic heterocycles. The van der Waals surface area contributed by atoms with Crippen LogP contribution >= 0.6 is 0 Å². The van der Waals surface area contributed by atoms with Crippen LogP contribution in [0.2, 0.25) is 0 Å². The van der Waals surface area contributed by atoms with Gasteiger partial charge in [-0.3, -0.25) is 9.59 Å². The van der Waals surface area contributed by atoms with Gasteiger partial charge in [-0.2, -0.15) is 0 Å². The van der Waals surface area contributed by atoms with Crippen molar-refractivity contribution in [1.82, 2.24) is 0 Å². The van der Waals surface area contributed by atoms with Crippen LogP contribution in [0.3, 0.4) is 0 Å². The van der Waals surface area contributed by atoms with Gasteiger partial charge in [-0.05, 0) is 31.4 Å². The summed E-state index contributed by atoms with van der Waals surface area (Å²) in [5.74, 6) is -0.506. The maximum absolute atomic E-state index is 11.7. The number of rotatable bonds is 4. The summed E-state index contributed by atoms with van der Waals surface area (Å²) < 4.78 is 10.4. The largest absolute Gasteiger partial charge is 0.458 e. The minimum atomic E-state index is -0.312.